The van der Waals surface area contributed by atoms with Crippen LogP contribution in [0.4, 0.5) is 0 Å². The van der Waals surface area contributed by atoms with Crippen molar-refractivity contribution < 1.29 is 0 Å². The number of hydrogen-bond acceptors (Lipinski definition) is 2. The Morgan fingerprint density at radius 1 is 0.556 bits per heavy atom. The van der Waals surface area contributed by atoms with Gasteiger partial charge in [-0.3, -0.25) is 5.41 Å². The monoisotopic (exact) mass is 578 g/mol. The number of nitrogens with one attached hydrogen (secondary N) is 1. The molecule has 6 aromatic carbocycles. The molecule has 0 bridgehead atoms. The fraction of sp³-hybridized carbons (Fsp3) is 0.0698. The molecule has 0 saturated carbocycles. The lowest BCUT2D eigenvalue weighted by Gasteiger charge is -2.21. The van der Waals surface area contributed by atoms with Gasteiger partial charge in [-0.25, -0.2) is 4.98 Å². The lowest BCUT2D eigenvalue weighted by Crippen LogP contribution is -2.11. The Morgan fingerprint density at radius 3 is 1.82 bits per heavy atom. The average molecular weight is 579 g/mol. The van der Waals surface area contributed by atoms with E-state index in [1.807, 2.05) is 36.4 Å². The Morgan fingerprint density at radius 2 is 1.16 bits per heavy atom. The molecule has 0 aliphatic carbocycles. The van der Waals surface area contributed by atoms with Crippen molar-refractivity contribution in [2.45, 2.75) is 19.8 Å². The molecule has 216 valence electrons. The summed E-state index contributed by atoms with van der Waals surface area (Å²) in [6, 6.07) is 55.2. The van der Waals surface area contributed by atoms with Crippen LogP contribution in [0.25, 0.3) is 33.2 Å². The third-order valence-corrected chi connectivity index (χ3v) is 8.49. The first-order valence-electron chi connectivity index (χ1n) is 15.5. The summed E-state index contributed by atoms with van der Waals surface area (Å²) in [6.45, 7) is 2.12. The molecule has 0 radical (unpaired) electrons. The number of fused-ring (bicyclic) bond motifs is 1. The lowest BCUT2D eigenvalue weighted by molar-refractivity contribution is 1.15. The summed E-state index contributed by atoms with van der Waals surface area (Å²) in [5.41, 5.74) is 12.4. The molecule has 0 aliphatic rings. The van der Waals surface area contributed by atoms with Gasteiger partial charge in [-0.1, -0.05) is 151 Å². The van der Waals surface area contributed by atoms with Crippen molar-refractivity contribution in [2.75, 3.05) is 0 Å². The Bertz CT molecular complexity index is 2100. The van der Waals surface area contributed by atoms with Gasteiger partial charge in [-0.2, -0.15) is 0 Å². The third-order valence-electron chi connectivity index (χ3n) is 8.49. The molecular formula is C43H34N2. The molecule has 1 N–H and O–H groups in total. The molecule has 45 heavy (non-hydrogen) atoms. The van der Waals surface area contributed by atoms with Crippen molar-refractivity contribution in [3.8, 4) is 22.4 Å². The van der Waals surface area contributed by atoms with Crippen LogP contribution in [-0.4, -0.2) is 10.7 Å². The Labute approximate surface area is 265 Å². The topological polar surface area (TPSA) is 36.7 Å². The molecule has 7 aromatic rings. The summed E-state index contributed by atoms with van der Waals surface area (Å²) in [4.78, 5) is 5.05. The van der Waals surface area contributed by atoms with Gasteiger partial charge in [0.05, 0.1) is 17.1 Å². The van der Waals surface area contributed by atoms with E-state index in [0.717, 1.165) is 51.7 Å². The van der Waals surface area contributed by atoms with E-state index >= 15 is 0 Å². The summed E-state index contributed by atoms with van der Waals surface area (Å²) in [5.74, 6) is 0. The van der Waals surface area contributed by atoms with E-state index in [1.54, 1.807) is 0 Å². The molecule has 0 amide bonds. The molecule has 2 heteroatoms. The SMILES string of the molecule is Cc1ccc(-c2cccc3c(Cc4ccccc4)cc(Cc4ccccc4)c(C(=N)c4cccc(-c5ccccc5)n4)c23)cc1. The average Bonchev–Trinajstić information content (AvgIpc) is 3.10. The zero-order chi connectivity index (χ0) is 30.6. The largest absolute Gasteiger partial charge is 0.298 e. The number of pyridine rings is 1. The molecule has 2 nitrogen and oxygen atoms in total. The van der Waals surface area contributed by atoms with Gasteiger partial charge in [0.15, 0.2) is 0 Å². The summed E-state index contributed by atoms with van der Waals surface area (Å²) >= 11 is 0. The van der Waals surface area contributed by atoms with Gasteiger partial charge >= 0.3 is 0 Å². The van der Waals surface area contributed by atoms with E-state index in [0.29, 0.717) is 11.4 Å². The van der Waals surface area contributed by atoms with E-state index in [4.69, 9.17) is 4.98 Å². The first kappa shape index (κ1) is 28.2. The fourth-order valence-electron chi connectivity index (χ4n) is 6.26. The van der Waals surface area contributed by atoms with Crippen molar-refractivity contribution >= 4 is 16.5 Å². The maximum absolute atomic E-state index is 9.84. The van der Waals surface area contributed by atoms with Crippen LogP contribution in [0.2, 0.25) is 0 Å². The zero-order valence-electron chi connectivity index (χ0n) is 25.4. The van der Waals surface area contributed by atoms with E-state index in [2.05, 4.69) is 128 Å². The maximum atomic E-state index is 9.84. The minimum atomic E-state index is 0.439. The van der Waals surface area contributed by atoms with Crippen LogP contribution < -0.4 is 0 Å². The van der Waals surface area contributed by atoms with Crippen LogP contribution in [0.3, 0.4) is 0 Å². The van der Waals surface area contributed by atoms with Gasteiger partial charge in [0.25, 0.3) is 0 Å². The van der Waals surface area contributed by atoms with Crippen LogP contribution in [0.5, 0.6) is 0 Å². The first-order chi connectivity index (χ1) is 22.1. The highest BCUT2D eigenvalue weighted by Gasteiger charge is 2.22. The minimum absolute atomic E-state index is 0.439. The second-order valence-corrected chi connectivity index (χ2v) is 11.6. The highest BCUT2D eigenvalue weighted by molar-refractivity contribution is 6.21. The molecular weight excluding hydrogens is 544 g/mol. The second-order valence-electron chi connectivity index (χ2n) is 11.6. The molecule has 7 rings (SSSR count). The summed E-state index contributed by atoms with van der Waals surface area (Å²) in [7, 11) is 0. The van der Waals surface area contributed by atoms with Crippen molar-refractivity contribution in [3.05, 3.63) is 197 Å². The maximum Gasteiger partial charge on any atom is 0.0892 e. The van der Waals surface area contributed by atoms with E-state index in [-0.39, 0.29) is 0 Å². The minimum Gasteiger partial charge on any atom is -0.298 e. The van der Waals surface area contributed by atoms with Gasteiger partial charge in [0, 0.05) is 11.1 Å². The van der Waals surface area contributed by atoms with Crippen molar-refractivity contribution in [2.24, 2.45) is 0 Å². The standard InChI is InChI=1S/C43H34N2/c1-30-23-25-33(26-24-30)37-19-11-20-38-35(27-31-13-5-2-6-14-31)29-36(28-32-15-7-3-8-16-32)41(42(37)38)43(44)40-22-12-21-39(45-40)34-17-9-4-10-18-34/h2-26,29,44H,27-28H2,1H3. The quantitative estimate of drug-likeness (QED) is 0.179. The van der Waals surface area contributed by atoms with Crippen LogP contribution in [0.15, 0.2) is 158 Å². The molecule has 0 saturated heterocycles. The van der Waals surface area contributed by atoms with Gasteiger partial charge in [0.1, 0.15) is 0 Å². The first-order valence-corrected chi connectivity index (χ1v) is 15.5. The van der Waals surface area contributed by atoms with Gasteiger partial charge in [-0.05, 0) is 76.1 Å². The van der Waals surface area contributed by atoms with Gasteiger partial charge in [-0.15, -0.1) is 0 Å². The van der Waals surface area contributed by atoms with Crippen molar-refractivity contribution in [1.82, 2.24) is 4.98 Å². The Balaban J connectivity index is 1.50. The predicted octanol–water partition coefficient (Wildman–Crippen LogP) is 10.5. The summed E-state index contributed by atoms with van der Waals surface area (Å²) in [6.07, 6.45) is 1.53. The number of hydrogen-bond donors (Lipinski definition) is 1. The van der Waals surface area contributed by atoms with Crippen LogP contribution in [0, 0.1) is 12.3 Å². The molecule has 1 heterocycles. The van der Waals surface area contributed by atoms with E-state index < -0.39 is 0 Å². The van der Waals surface area contributed by atoms with E-state index in [9.17, 15) is 5.41 Å². The summed E-state index contributed by atoms with van der Waals surface area (Å²) < 4.78 is 0. The number of nitrogens with zero attached hydrogens (tertiary/aromatic N) is 1. The molecule has 1 aromatic heterocycles. The Kier molecular flexibility index (Phi) is 7.87. The molecule has 0 unspecified atom stereocenters. The third kappa shape index (κ3) is 5.96. The highest BCUT2D eigenvalue weighted by Crippen LogP contribution is 2.38. The van der Waals surface area contributed by atoms with Crippen LogP contribution >= 0.6 is 0 Å². The van der Waals surface area contributed by atoms with Gasteiger partial charge < -0.3 is 0 Å². The molecule has 0 fully saturated rings. The van der Waals surface area contributed by atoms with Crippen LogP contribution in [0.1, 0.15) is 39.1 Å². The molecule has 0 aliphatic heterocycles. The Hall–Kier alpha value is -5.60. The van der Waals surface area contributed by atoms with Crippen molar-refractivity contribution in [1.29, 1.82) is 5.41 Å². The van der Waals surface area contributed by atoms with Gasteiger partial charge in [0.2, 0.25) is 0 Å². The number of aromatic nitrogens is 1. The smallest absolute Gasteiger partial charge is 0.0892 e. The number of benzene rings is 6. The summed E-state index contributed by atoms with van der Waals surface area (Å²) in [5, 5.41) is 12.1. The number of rotatable bonds is 8. The highest BCUT2D eigenvalue weighted by atomic mass is 14.7. The normalized spacial score (nSPS) is 11.0. The second kappa shape index (κ2) is 12.6. The predicted molar refractivity (Wildman–Crippen MR) is 188 cm³/mol. The molecule has 0 spiro atoms. The fourth-order valence-corrected chi connectivity index (χ4v) is 6.26. The van der Waals surface area contributed by atoms with E-state index in [1.165, 1.54) is 27.6 Å². The lowest BCUT2D eigenvalue weighted by atomic mass is 9.83. The van der Waals surface area contributed by atoms with Crippen molar-refractivity contribution in [3.63, 3.8) is 0 Å². The van der Waals surface area contributed by atoms with Crippen LogP contribution in [-0.2, 0) is 12.8 Å². The number of aryl methyl sites for hydroxylation is 1. The zero-order valence-corrected chi connectivity index (χ0v) is 25.4. The molecule has 0 atom stereocenters.